The van der Waals surface area contributed by atoms with Gasteiger partial charge in [-0.05, 0) is 30.0 Å². The second-order valence-electron chi connectivity index (χ2n) is 9.67. The summed E-state index contributed by atoms with van der Waals surface area (Å²) in [5, 5.41) is 9.57. The van der Waals surface area contributed by atoms with Gasteiger partial charge in [0.25, 0.3) is 5.91 Å². The van der Waals surface area contributed by atoms with Crippen LogP contribution in [-0.2, 0) is 10.2 Å². The predicted molar refractivity (Wildman–Crippen MR) is 130 cm³/mol. The molecule has 0 unspecified atom stereocenters. The topological polar surface area (TPSA) is 115 Å². The van der Waals surface area contributed by atoms with Crippen LogP contribution in [-0.4, -0.2) is 49.9 Å². The highest BCUT2D eigenvalue weighted by atomic mass is 32.1. The van der Waals surface area contributed by atoms with Gasteiger partial charge in [-0.3, -0.25) is 24.6 Å². The van der Waals surface area contributed by atoms with Crippen molar-refractivity contribution in [2.75, 3.05) is 7.11 Å². The summed E-state index contributed by atoms with van der Waals surface area (Å²) in [4.78, 5) is 41.0. The van der Waals surface area contributed by atoms with Crippen molar-refractivity contribution < 1.29 is 24.2 Å². The summed E-state index contributed by atoms with van der Waals surface area (Å²) in [5.74, 6) is -0.145. The van der Waals surface area contributed by atoms with Crippen molar-refractivity contribution in [2.45, 2.75) is 57.2 Å². The first kappa shape index (κ1) is 24.6. The van der Waals surface area contributed by atoms with E-state index in [9.17, 15) is 14.7 Å². The predicted octanol–water partition coefficient (Wildman–Crippen LogP) is 5.02. The lowest BCUT2D eigenvalue weighted by molar-refractivity contribution is -0.0845. The number of carbonyl (C=O) groups is 2. The zero-order chi connectivity index (χ0) is 25.4. The van der Waals surface area contributed by atoms with Gasteiger partial charge in [0.2, 0.25) is 0 Å². The van der Waals surface area contributed by atoms with Crippen molar-refractivity contribution >= 4 is 23.4 Å². The van der Waals surface area contributed by atoms with Gasteiger partial charge in [-0.15, -0.1) is 11.3 Å². The molecule has 1 aromatic carbocycles. The van der Waals surface area contributed by atoms with Gasteiger partial charge in [0.1, 0.15) is 5.75 Å². The molecule has 0 radical (unpaired) electrons. The molecule has 1 saturated heterocycles. The van der Waals surface area contributed by atoms with Crippen LogP contribution in [0.5, 0.6) is 5.75 Å². The Labute approximate surface area is 207 Å². The molecule has 1 fully saturated rings. The number of benzene rings is 1. The highest BCUT2D eigenvalue weighted by Crippen LogP contribution is 2.53. The average molecular weight is 497 g/mol. The van der Waals surface area contributed by atoms with Crippen LogP contribution < -0.4 is 4.74 Å². The number of methoxy groups -OCH3 is 1. The molecule has 1 aliphatic heterocycles. The van der Waals surface area contributed by atoms with E-state index in [2.05, 4.69) is 35.7 Å². The van der Waals surface area contributed by atoms with E-state index >= 15 is 0 Å². The van der Waals surface area contributed by atoms with E-state index in [1.165, 1.54) is 16.2 Å². The molecule has 1 aliphatic rings. The second kappa shape index (κ2) is 9.26. The first-order valence-corrected chi connectivity index (χ1v) is 12.0. The summed E-state index contributed by atoms with van der Waals surface area (Å²) in [6.07, 6.45) is 5.22. The second-order valence-corrected chi connectivity index (χ2v) is 10.6. The highest BCUT2D eigenvalue weighted by molar-refractivity contribution is 7.09. The van der Waals surface area contributed by atoms with Crippen molar-refractivity contribution in [2.24, 2.45) is 0 Å². The normalized spacial score (nSPS) is 22.1. The number of ether oxygens (including phenoxy) is 2. The molecule has 0 saturated carbocycles. The summed E-state index contributed by atoms with van der Waals surface area (Å²) in [6, 6.07) is 4.76. The summed E-state index contributed by atoms with van der Waals surface area (Å²) >= 11 is 1.39. The van der Waals surface area contributed by atoms with Gasteiger partial charge in [-0.1, -0.05) is 26.8 Å². The molecule has 0 aliphatic carbocycles. The first-order valence-electron chi connectivity index (χ1n) is 11.1. The van der Waals surface area contributed by atoms with Crippen molar-refractivity contribution in [1.82, 2.24) is 19.9 Å². The Kier molecular flexibility index (Phi) is 6.50. The fourth-order valence-electron chi connectivity index (χ4n) is 4.76. The monoisotopic (exact) mass is 496 g/mol. The number of hydrogen-bond donors (Lipinski definition) is 1. The molecule has 0 bridgehead atoms. The van der Waals surface area contributed by atoms with Crippen molar-refractivity contribution in [3.8, 4) is 5.75 Å². The Bertz CT molecular complexity index is 1210. The van der Waals surface area contributed by atoms with Crippen molar-refractivity contribution in [3.63, 3.8) is 0 Å². The molecule has 3 aromatic rings. The van der Waals surface area contributed by atoms with E-state index in [0.717, 1.165) is 10.4 Å². The van der Waals surface area contributed by atoms with E-state index in [1.54, 1.807) is 56.5 Å². The standard InChI is InChI=1S/C25H28N4O5S/c1-24(2,3)17-7-6-15(10-19(17)33-5)22(30)29-21(20-13-27-14-35-20)16(18-12-26-8-9-28-18)11-25(29,4)34-23(31)32/h6-10,12-14,16,21H,11H2,1-5H3,(H,31,32)/t16-,21-,25+/m1/s1. The quantitative estimate of drug-likeness (QED) is 0.490. The molecule has 9 nitrogen and oxygen atoms in total. The number of nitrogens with zero attached hydrogens (tertiary/aromatic N) is 4. The lowest BCUT2D eigenvalue weighted by atomic mass is 9.85. The van der Waals surface area contributed by atoms with Crippen LogP contribution in [0.15, 0.2) is 48.5 Å². The highest BCUT2D eigenvalue weighted by Gasteiger charge is 2.56. The third kappa shape index (κ3) is 4.70. The third-order valence-electron chi connectivity index (χ3n) is 6.26. The number of likely N-dealkylation sites (tertiary alicyclic amines) is 1. The van der Waals surface area contributed by atoms with Crippen LogP contribution in [0.4, 0.5) is 4.79 Å². The zero-order valence-electron chi connectivity index (χ0n) is 20.3. The van der Waals surface area contributed by atoms with Crippen molar-refractivity contribution in [3.05, 3.63) is 70.2 Å². The van der Waals surface area contributed by atoms with E-state index in [0.29, 0.717) is 17.0 Å². The number of thiazole rings is 1. The minimum Gasteiger partial charge on any atom is -0.496 e. The van der Waals surface area contributed by atoms with Gasteiger partial charge in [-0.2, -0.15) is 0 Å². The Morgan fingerprint density at radius 1 is 1.20 bits per heavy atom. The fourth-order valence-corrected chi connectivity index (χ4v) is 5.54. The molecule has 2 aromatic heterocycles. The number of carboxylic acid groups (broad SMARTS) is 1. The average Bonchev–Trinajstić information content (AvgIpc) is 3.43. The summed E-state index contributed by atoms with van der Waals surface area (Å²) in [5.41, 5.74) is 2.01. The lowest BCUT2D eigenvalue weighted by Crippen LogP contribution is -2.49. The van der Waals surface area contributed by atoms with Crippen molar-refractivity contribution in [1.29, 1.82) is 0 Å². The van der Waals surface area contributed by atoms with Gasteiger partial charge in [0, 0.05) is 47.6 Å². The summed E-state index contributed by atoms with van der Waals surface area (Å²) < 4.78 is 11.0. The number of hydrogen-bond acceptors (Lipinski definition) is 8. The summed E-state index contributed by atoms with van der Waals surface area (Å²) in [6.45, 7) is 7.81. The third-order valence-corrected chi connectivity index (χ3v) is 7.10. The molecule has 1 N–H and O–H groups in total. The maximum Gasteiger partial charge on any atom is 0.507 e. The maximum absolute atomic E-state index is 14.1. The van der Waals surface area contributed by atoms with Gasteiger partial charge >= 0.3 is 6.16 Å². The van der Waals surface area contributed by atoms with E-state index in [-0.39, 0.29) is 23.7 Å². The van der Waals surface area contributed by atoms with Gasteiger partial charge in [0.15, 0.2) is 5.72 Å². The molecule has 10 heteroatoms. The number of rotatable bonds is 5. The molecule has 0 spiro atoms. The molecule has 3 atom stereocenters. The Hall–Kier alpha value is -3.53. The largest absolute Gasteiger partial charge is 0.507 e. The minimum atomic E-state index is -1.46. The number of amides is 1. The fraction of sp³-hybridized carbons (Fsp3) is 0.400. The SMILES string of the molecule is COc1cc(C(=O)N2[C@@H](c3cncs3)[C@@H](c3cnccn3)C[C@]2(C)OC(=O)O)ccc1C(C)(C)C. The lowest BCUT2D eigenvalue weighted by Gasteiger charge is -2.37. The molecule has 1 amide bonds. The van der Waals surface area contributed by atoms with E-state index in [4.69, 9.17) is 9.47 Å². The van der Waals surface area contributed by atoms with Gasteiger partial charge < -0.3 is 14.6 Å². The van der Waals surface area contributed by atoms with Crippen LogP contribution in [0, 0.1) is 0 Å². The maximum atomic E-state index is 14.1. The van der Waals surface area contributed by atoms with E-state index < -0.39 is 17.9 Å². The van der Waals surface area contributed by atoms with Gasteiger partial charge in [-0.25, -0.2) is 4.79 Å². The Balaban J connectivity index is 1.86. The Morgan fingerprint density at radius 3 is 2.54 bits per heavy atom. The molecular formula is C25H28N4O5S. The zero-order valence-corrected chi connectivity index (χ0v) is 21.1. The summed E-state index contributed by atoms with van der Waals surface area (Å²) in [7, 11) is 1.57. The number of carbonyl (C=O) groups excluding carboxylic acids is 1. The molecule has 35 heavy (non-hydrogen) atoms. The van der Waals surface area contributed by atoms with Crippen LogP contribution in [0.2, 0.25) is 0 Å². The molecule has 184 valence electrons. The molecule has 4 rings (SSSR count). The number of aromatic nitrogens is 3. The molecule has 3 heterocycles. The first-order chi connectivity index (χ1) is 16.5. The van der Waals surface area contributed by atoms with E-state index in [1.807, 2.05) is 6.07 Å². The minimum absolute atomic E-state index is 0.191. The smallest absolute Gasteiger partial charge is 0.496 e. The van der Waals surface area contributed by atoms with Crippen LogP contribution in [0.1, 0.15) is 72.6 Å². The molecular weight excluding hydrogens is 468 g/mol. The van der Waals surface area contributed by atoms with Crippen LogP contribution in [0.25, 0.3) is 0 Å². The Morgan fingerprint density at radius 2 is 1.97 bits per heavy atom. The van der Waals surface area contributed by atoms with Crippen LogP contribution in [0.3, 0.4) is 0 Å². The van der Waals surface area contributed by atoms with Crippen LogP contribution >= 0.6 is 11.3 Å². The van der Waals surface area contributed by atoms with Gasteiger partial charge in [0.05, 0.1) is 24.4 Å².